The first-order valence-corrected chi connectivity index (χ1v) is 6.88. The van der Waals surface area contributed by atoms with Gasteiger partial charge in [0.05, 0.1) is 3.79 Å². The van der Waals surface area contributed by atoms with E-state index >= 15 is 0 Å². The van der Waals surface area contributed by atoms with Crippen molar-refractivity contribution in [3.63, 3.8) is 0 Å². The monoisotopic (exact) mass is 289 g/mol. The van der Waals surface area contributed by atoms with Crippen LogP contribution in [-0.4, -0.2) is 29.7 Å². The summed E-state index contributed by atoms with van der Waals surface area (Å²) in [6.45, 7) is 5.67. The van der Waals surface area contributed by atoms with E-state index in [0.29, 0.717) is 12.5 Å². The second-order valence-corrected chi connectivity index (χ2v) is 6.70. The number of hydrogen-bond acceptors (Lipinski definition) is 3. The zero-order valence-corrected chi connectivity index (χ0v) is 11.3. The molecule has 0 radical (unpaired) electrons. The van der Waals surface area contributed by atoms with Crippen LogP contribution in [0.3, 0.4) is 0 Å². The molecule has 1 aliphatic rings. The zero-order chi connectivity index (χ0) is 10.8. The first-order chi connectivity index (χ1) is 7.19. The van der Waals surface area contributed by atoms with Gasteiger partial charge in [0.2, 0.25) is 0 Å². The van der Waals surface area contributed by atoms with Gasteiger partial charge in [-0.05, 0) is 53.4 Å². The van der Waals surface area contributed by atoms with Crippen molar-refractivity contribution in [3.8, 4) is 0 Å². The summed E-state index contributed by atoms with van der Waals surface area (Å²) in [5.74, 6) is 0.495. The summed E-state index contributed by atoms with van der Waals surface area (Å²) in [7, 11) is 0. The lowest BCUT2D eigenvalue weighted by Crippen LogP contribution is -2.20. The predicted molar refractivity (Wildman–Crippen MR) is 67.2 cm³/mol. The maximum absolute atomic E-state index is 9.07. The van der Waals surface area contributed by atoms with Crippen LogP contribution in [-0.2, 0) is 6.54 Å². The number of rotatable bonds is 3. The van der Waals surface area contributed by atoms with Crippen molar-refractivity contribution in [1.29, 1.82) is 0 Å². The Labute approximate surface area is 103 Å². The van der Waals surface area contributed by atoms with Crippen LogP contribution in [0.5, 0.6) is 0 Å². The number of hydrogen-bond donors (Lipinski definition) is 1. The molecule has 2 rings (SSSR count). The minimum Gasteiger partial charge on any atom is -0.396 e. The van der Waals surface area contributed by atoms with E-state index in [4.69, 9.17) is 5.11 Å². The van der Waals surface area contributed by atoms with E-state index in [1.165, 1.54) is 14.2 Å². The minimum atomic E-state index is 0.337. The SMILES string of the molecule is Cc1cc(CN2CCC(CO)C2)sc1Br. The fourth-order valence-electron chi connectivity index (χ4n) is 2.03. The topological polar surface area (TPSA) is 23.5 Å². The van der Waals surface area contributed by atoms with Gasteiger partial charge in [-0.3, -0.25) is 4.90 Å². The molecule has 0 aliphatic carbocycles. The standard InChI is InChI=1S/C11H16BrNOS/c1-8-4-10(15-11(8)12)6-13-3-2-9(5-13)7-14/h4,9,14H,2-3,5-7H2,1H3. The van der Waals surface area contributed by atoms with Crippen molar-refractivity contribution in [2.75, 3.05) is 19.7 Å². The minimum absolute atomic E-state index is 0.337. The quantitative estimate of drug-likeness (QED) is 0.925. The number of likely N-dealkylation sites (tertiary alicyclic amines) is 1. The van der Waals surface area contributed by atoms with Crippen molar-refractivity contribution in [2.45, 2.75) is 19.9 Å². The lowest BCUT2D eigenvalue weighted by Gasteiger charge is -2.13. The zero-order valence-electron chi connectivity index (χ0n) is 8.87. The maximum atomic E-state index is 9.07. The average molecular weight is 290 g/mol. The number of aliphatic hydroxyl groups is 1. The van der Waals surface area contributed by atoms with Gasteiger partial charge in [0.15, 0.2) is 0 Å². The molecule has 15 heavy (non-hydrogen) atoms. The molecule has 0 spiro atoms. The van der Waals surface area contributed by atoms with Crippen LogP contribution in [0.2, 0.25) is 0 Å². The average Bonchev–Trinajstić information content (AvgIpc) is 2.76. The second kappa shape index (κ2) is 4.95. The van der Waals surface area contributed by atoms with Crippen molar-refractivity contribution in [1.82, 2.24) is 4.90 Å². The number of thiophene rings is 1. The van der Waals surface area contributed by atoms with Crippen molar-refractivity contribution >= 4 is 27.3 Å². The highest BCUT2D eigenvalue weighted by atomic mass is 79.9. The molecule has 1 saturated heterocycles. The summed E-state index contributed by atoms with van der Waals surface area (Å²) in [5, 5.41) is 9.07. The van der Waals surface area contributed by atoms with Gasteiger partial charge in [-0.2, -0.15) is 0 Å². The van der Waals surface area contributed by atoms with Crippen LogP contribution < -0.4 is 0 Å². The van der Waals surface area contributed by atoms with Crippen molar-refractivity contribution in [2.24, 2.45) is 5.92 Å². The molecular formula is C11H16BrNOS. The van der Waals surface area contributed by atoms with E-state index < -0.39 is 0 Å². The fourth-order valence-corrected chi connectivity index (χ4v) is 3.70. The van der Waals surface area contributed by atoms with Gasteiger partial charge in [0, 0.05) is 24.6 Å². The lowest BCUT2D eigenvalue weighted by atomic mass is 10.1. The lowest BCUT2D eigenvalue weighted by molar-refractivity contribution is 0.220. The van der Waals surface area contributed by atoms with E-state index in [1.807, 2.05) is 11.3 Å². The molecule has 1 fully saturated rings. The molecule has 1 aromatic rings. The molecule has 0 amide bonds. The second-order valence-electron chi connectivity index (χ2n) is 4.24. The maximum Gasteiger partial charge on any atom is 0.0730 e. The summed E-state index contributed by atoms with van der Waals surface area (Å²) >= 11 is 5.37. The summed E-state index contributed by atoms with van der Waals surface area (Å²) in [5.41, 5.74) is 1.33. The number of aliphatic hydroxyl groups excluding tert-OH is 1. The smallest absolute Gasteiger partial charge is 0.0730 e. The van der Waals surface area contributed by atoms with E-state index in [0.717, 1.165) is 26.1 Å². The van der Waals surface area contributed by atoms with Gasteiger partial charge in [0.25, 0.3) is 0 Å². The molecule has 1 atom stereocenters. The van der Waals surface area contributed by atoms with Gasteiger partial charge in [-0.15, -0.1) is 11.3 Å². The largest absolute Gasteiger partial charge is 0.396 e. The molecule has 0 bridgehead atoms. The van der Waals surface area contributed by atoms with Gasteiger partial charge in [-0.25, -0.2) is 0 Å². The normalized spacial score (nSPS) is 22.5. The molecule has 1 aliphatic heterocycles. The Kier molecular flexibility index (Phi) is 3.83. The Hall–Kier alpha value is 0.100. The summed E-state index contributed by atoms with van der Waals surface area (Å²) < 4.78 is 1.25. The molecule has 2 nitrogen and oxygen atoms in total. The Bertz CT molecular complexity index is 320. The van der Waals surface area contributed by atoms with Crippen LogP contribution in [0.25, 0.3) is 0 Å². The molecule has 0 aromatic carbocycles. The molecule has 1 aromatic heterocycles. The third kappa shape index (κ3) is 2.81. The molecule has 0 saturated carbocycles. The Morgan fingerprint density at radius 1 is 1.67 bits per heavy atom. The van der Waals surface area contributed by atoms with Gasteiger partial charge < -0.3 is 5.11 Å². The van der Waals surface area contributed by atoms with Gasteiger partial charge >= 0.3 is 0 Å². The summed E-state index contributed by atoms with van der Waals surface area (Å²) in [4.78, 5) is 3.84. The first kappa shape index (κ1) is 11.6. The Balaban J connectivity index is 1.92. The third-order valence-corrected chi connectivity index (χ3v) is 5.04. The summed E-state index contributed by atoms with van der Waals surface area (Å²) in [6, 6.07) is 2.25. The van der Waals surface area contributed by atoms with E-state index in [9.17, 15) is 0 Å². The molecule has 2 heterocycles. The van der Waals surface area contributed by atoms with Crippen molar-refractivity contribution < 1.29 is 5.11 Å². The van der Waals surface area contributed by atoms with E-state index in [-0.39, 0.29) is 0 Å². The van der Waals surface area contributed by atoms with E-state index in [1.54, 1.807) is 0 Å². The highest BCUT2D eigenvalue weighted by molar-refractivity contribution is 9.11. The Morgan fingerprint density at radius 3 is 3.00 bits per heavy atom. The molecular weight excluding hydrogens is 274 g/mol. The number of nitrogens with zero attached hydrogens (tertiary/aromatic N) is 1. The fraction of sp³-hybridized carbons (Fsp3) is 0.636. The van der Waals surface area contributed by atoms with Gasteiger partial charge in [0.1, 0.15) is 0 Å². The Morgan fingerprint density at radius 2 is 2.47 bits per heavy atom. The van der Waals surface area contributed by atoms with Crippen LogP contribution >= 0.6 is 27.3 Å². The first-order valence-electron chi connectivity index (χ1n) is 5.27. The van der Waals surface area contributed by atoms with Crippen LogP contribution in [0.15, 0.2) is 9.85 Å². The molecule has 4 heteroatoms. The van der Waals surface area contributed by atoms with Crippen LogP contribution in [0.1, 0.15) is 16.9 Å². The van der Waals surface area contributed by atoms with Crippen LogP contribution in [0, 0.1) is 12.8 Å². The highest BCUT2D eigenvalue weighted by Gasteiger charge is 2.22. The number of halogens is 1. The number of aryl methyl sites for hydroxylation is 1. The van der Waals surface area contributed by atoms with Crippen molar-refractivity contribution in [3.05, 3.63) is 20.3 Å². The molecule has 1 N–H and O–H groups in total. The molecule has 84 valence electrons. The highest BCUT2D eigenvalue weighted by Crippen LogP contribution is 2.29. The third-order valence-electron chi connectivity index (χ3n) is 2.92. The predicted octanol–water partition coefficient (Wildman–Crippen LogP) is 2.63. The van der Waals surface area contributed by atoms with Gasteiger partial charge in [-0.1, -0.05) is 0 Å². The molecule has 1 unspecified atom stereocenters. The van der Waals surface area contributed by atoms with Crippen LogP contribution in [0.4, 0.5) is 0 Å². The van der Waals surface area contributed by atoms with E-state index in [2.05, 4.69) is 33.8 Å². The summed E-state index contributed by atoms with van der Waals surface area (Å²) in [6.07, 6.45) is 1.14.